The molecule has 0 spiro atoms. The summed E-state index contributed by atoms with van der Waals surface area (Å²) in [7, 11) is 1.68. The molecule has 1 aliphatic heterocycles. The summed E-state index contributed by atoms with van der Waals surface area (Å²) in [6.45, 7) is 2.12. The minimum Gasteiger partial charge on any atom is -0.491 e. The van der Waals surface area contributed by atoms with Gasteiger partial charge in [0.1, 0.15) is 5.75 Å². The summed E-state index contributed by atoms with van der Waals surface area (Å²) in [5.74, 6) is 0.238. The Bertz CT molecular complexity index is 499. The van der Waals surface area contributed by atoms with E-state index >= 15 is 0 Å². The number of Topliss-reactive ketones (excluding diaryl/α,β-unsaturated/α-hetero) is 1. The first-order chi connectivity index (χ1) is 8.54. The van der Waals surface area contributed by atoms with Crippen LogP contribution in [0.2, 0.25) is 0 Å². The second-order valence-electron chi connectivity index (χ2n) is 4.42. The lowest BCUT2D eigenvalue weighted by molar-refractivity contribution is -0.122. The summed E-state index contributed by atoms with van der Waals surface area (Å²) < 4.78 is 5.56. The molecule has 5 heteroatoms. The molecule has 96 valence electrons. The van der Waals surface area contributed by atoms with E-state index in [9.17, 15) is 9.59 Å². The third-order valence-corrected chi connectivity index (χ3v) is 3.07. The van der Waals surface area contributed by atoms with Crippen molar-refractivity contribution in [1.29, 1.82) is 0 Å². The highest BCUT2D eigenvalue weighted by Crippen LogP contribution is 2.32. The van der Waals surface area contributed by atoms with Gasteiger partial charge in [-0.05, 0) is 18.2 Å². The van der Waals surface area contributed by atoms with Gasteiger partial charge in [0.05, 0.1) is 24.8 Å². The smallest absolute Gasteiger partial charge is 0.233 e. The van der Waals surface area contributed by atoms with E-state index in [1.165, 1.54) is 4.90 Å². The van der Waals surface area contributed by atoms with Crippen LogP contribution in [0, 0.1) is 5.92 Å². The number of carbonyl (C=O) groups is 2. The van der Waals surface area contributed by atoms with Crippen LogP contribution in [0.15, 0.2) is 18.2 Å². The highest BCUT2D eigenvalue weighted by molar-refractivity contribution is 6.01. The SMILES string of the molecule is CC1COc2ccc(C(=O)CN)cc2N(C)C1=O. The Balaban J connectivity index is 2.45. The zero-order chi connectivity index (χ0) is 13.3. The summed E-state index contributed by atoms with van der Waals surface area (Å²) in [6.07, 6.45) is 0. The second-order valence-corrected chi connectivity index (χ2v) is 4.42. The van der Waals surface area contributed by atoms with Crippen molar-refractivity contribution in [2.45, 2.75) is 6.92 Å². The maximum atomic E-state index is 12.0. The molecule has 0 aliphatic carbocycles. The average molecular weight is 248 g/mol. The van der Waals surface area contributed by atoms with Gasteiger partial charge in [0, 0.05) is 12.6 Å². The molecule has 1 heterocycles. The fourth-order valence-electron chi connectivity index (χ4n) is 1.93. The molecule has 2 N–H and O–H groups in total. The Kier molecular flexibility index (Phi) is 3.34. The highest BCUT2D eigenvalue weighted by Gasteiger charge is 2.26. The average Bonchev–Trinajstić information content (AvgIpc) is 2.50. The molecule has 18 heavy (non-hydrogen) atoms. The molecule has 0 aromatic heterocycles. The number of nitrogens with two attached hydrogens (primary N) is 1. The van der Waals surface area contributed by atoms with E-state index in [-0.39, 0.29) is 24.2 Å². The second kappa shape index (κ2) is 4.78. The van der Waals surface area contributed by atoms with Crippen LogP contribution in [-0.2, 0) is 4.79 Å². The first kappa shape index (κ1) is 12.6. The van der Waals surface area contributed by atoms with E-state index in [0.717, 1.165) is 0 Å². The number of nitrogens with zero attached hydrogens (tertiary/aromatic N) is 1. The van der Waals surface area contributed by atoms with Crippen LogP contribution in [0.4, 0.5) is 5.69 Å². The molecule has 1 aliphatic rings. The van der Waals surface area contributed by atoms with E-state index in [4.69, 9.17) is 10.5 Å². The van der Waals surface area contributed by atoms with Crippen molar-refractivity contribution in [2.75, 3.05) is 25.1 Å². The van der Waals surface area contributed by atoms with E-state index in [2.05, 4.69) is 0 Å². The first-order valence-electron chi connectivity index (χ1n) is 5.82. The van der Waals surface area contributed by atoms with Crippen LogP contribution in [0.3, 0.4) is 0 Å². The Hall–Kier alpha value is -1.88. The number of carbonyl (C=O) groups excluding carboxylic acids is 2. The third kappa shape index (κ3) is 2.09. The summed E-state index contributed by atoms with van der Waals surface area (Å²) >= 11 is 0. The van der Waals surface area contributed by atoms with Crippen LogP contribution in [0.5, 0.6) is 5.75 Å². The molecule has 0 radical (unpaired) electrons. The minimum absolute atomic E-state index is 0.0221. The number of hydrogen-bond donors (Lipinski definition) is 1. The number of anilines is 1. The van der Waals surface area contributed by atoms with E-state index in [0.29, 0.717) is 23.6 Å². The van der Waals surface area contributed by atoms with Gasteiger partial charge in [0.15, 0.2) is 5.78 Å². The molecule has 2 rings (SSSR count). The third-order valence-electron chi connectivity index (χ3n) is 3.07. The summed E-state index contributed by atoms with van der Waals surface area (Å²) in [6, 6.07) is 5.03. The van der Waals surface area contributed by atoms with Crippen molar-refractivity contribution in [3.05, 3.63) is 23.8 Å². The normalized spacial score (nSPS) is 18.9. The number of benzene rings is 1. The zero-order valence-electron chi connectivity index (χ0n) is 10.5. The van der Waals surface area contributed by atoms with Gasteiger partial charge in [-0.1, -0.05) is 6.92 Å². The van der Waals surface area contributed by atoms with E-state index in [1.807, 2.05) is 6.92 Å². The lowest BCUT2D eigenvalue weighted by Crippen LogP contribution is -2.31. The standard InChI is InChI=1S/C13H16N2O3/c1-8-7-18-12-4-3-9(11(16)6-14)5-10(12)15(2)13(8)17/h3-5,8H,6-7,14H2,1-2H3. The number of hydrogen-bond acceptors (Lipinski definition) is 4. The van der Waals surface area contributed by atoms with Gasteiger partial charge in [-0.15, -0.1) is 0 Å². The maximum absolute atomic E-state index is 12.0. The number of ether oxygens (including phenoxy) is 1. The Morgan fingerprint density at radius 1 is 1.56 bits per heavy atom. The monoisotopic (exact) mass is 248 g/mol. The summed E-state index contributed by atoms with van der Waals surface area (Å²) in [4.78, 5) is 25.1. The molecule has 1 atom stereocenters. The number of amides is 1. The Morgan fingerprint density at radius 2 is 2.28 bits per heavy atom. The number of rotatable bonds is 2. The molecule has 0 saturated heterocycles. The number of ketones is 1. The van der Waals surface area contributed by atoms with E-state index in [1.54, 1.807) is 25.2 Å². The van der Waals surface area contributed by atoms with E-state index < -0.39 is 0 Å². The fraction of sp³-hybridized carbons (Fsp3) is 0.385. The molecular weight excluding hydrogens is 232 g/mol. The predicted molar refractivity (Wildman–Crippen MR) is 67.9 cm³/mol. The molecule has 0 saturated carbocycles. The highest BCUT2D eigenvalue weighted by atomic mass is 16.5. The van der Waals surface area contributed by atoms with Crippen molar-refractivity contribution in [3.8, 4) is 5.75 Å². The molecule has 5 nitrogen and oxygen atoms in total. The van der Waals surface area contributed by atoms with Crippen LogP contribution < -0.4 is 15.4 Å². The van der Waals surface area contributed by atoms with Crippen molar-refractivity contribution < 1.29 is 14.3 Å². The van der Waals surface area contributed by atoms with Crippen LogP contribution in [0.25, 0.3) is 0 Å². The predicted octanol–water partition coefficient (Wildman–Crippen LogP) is 0.819. The topological polar surface area (TPSA) is 72.6 Å². The summed E-state index contributed by atoms with van der Waals surface area (Å²) in [5.41, 5.74) is 6.44. The molecule has 1 amide bonds. The summed E-state index contributed by atoms with van der Waals surface area (Å²) in [5, 5.41) is 0. The lowest BCUT2D eigenvalue weighted by atomic mass is 10.1. The van der Waals surface area contributed by atoms with Crippen LogP contribution in [0.1, 0.15) is 17.3 Å². The van der Waals surface area contributed by atoms with Crippen LogP contribution in [-0.4, -0.2) is 31.9 Å². The van der Waals surface area contributed by atoms with Crippen molar-refractivity contribution >= 4 is 17.4 Å². The molecule has 1 unspecified atom stereocenters. The van der Waals surface area contributed by atoms with Crippen LogP contribution >= 0.6 is 0 Å². The fourth-order valence-corrected chi connectivity index (χ4v) is 1.93. The van der Waals surface area contributed by atoms with Crippen molar-refractivity contribution in [1.82, 2.24) is 0 Å². The zero-order valence-corrected chi connectivity index (χ0v) is 10.5. The quantitative estimate of drug-likeness (QED) is 0.786. The minimum atomic E-state index is -0.198. The molecule has 0 bridgehead atoms. The van der Waals surface area contributed by atoms with Gasteiger partial charge in [0.25, 0.3) is 0 Å². The van der Waals surface area contributed by atoms with Gasteiger partial charge in [-0.2, -0.15) is 0 Å². The molecule has 0 fully saturated rings. The Morgan fingerprint density at radius 3 is 2.94 bits per heavy atom. The van der Waals surface area contributed by atoms with Gasteiger partial charge < -0.3 is 15.4 Å². The first-order valence-corrected chi connectivity index (χ1v) is 5.82. The van der Waals surface area contributed by atoms with Crippen molar-refractivity contribution in [2.24, 2.45) is 11.7 Å². The van der Waals surface area contributed by atoms with Gasteiger partial charge in [-0.25, -0.2) is 0 Å². The molecule has 1 aromatic rings. The largest absolute Gasteiger partial charge is 0.491 e. The van der Waals surface area contributed by atoms with Crippen molar-refractivity contribution in [3.63, 3.8) is 0 Å². The van der Waals surface area contributed by atoms with Gasteiger partial charge in [-0.3, -0.25) is 9.59 Å². The molecule has 1 aromatic carbocycles. The maximum Gasteiger partial charge on any atom is 0.233 e. The Labute approximate surface area is 106 Å². The lowest BCUT2D eigenvalue weighted by Gasteiger charge is -2.18. The molecular formula is C13H16N2O3. The van der Waals surface area contributed by atoms with Gasteiger partial charge in [0.2, 0.25) is 5.91 Å². The number of fused-ring (bicyclic) bond motifs is 1. The van der Waals surface area contributed by atoms with Gasteiger partial charge >= 0.3 is 0 Å².